The summed E-state index contributed by atoms with van der Waals surface area (Å²) in [7, 11) is -2.47. The standard InChI is InChI=1S/C27H24N3OP.ClH/c28-29-21-26(30-27(31)22-13-5-1-6-14-22)32(23-15-7-2-8-16-23,24-17-9-3-10-18-24)25-19-11-4-12-20-25;/h1-21,29H,28H2;1H/b26-21+;. The monoisotopic (exact) mass is 473 g/mol. The highest BCUT2D eigenvalue weighted by Crippen LogP contribution is 2.61. The molecule has 0 aliphatic rings. The molecule has 166 valence electrons. The topological polar surface area (TPSA) is 67.2 Å². The van der Waals surface area contributed by atoms with Crippen LogP contribution in [-0.2, 0) is 0 Å². The fraction of sp³-hybridized carbons (Fsp3) is 0. The van der Waals surface area contributed by atoms with E-state index in [0.717, 1.165) is 21.4 Å². The average Bonchev–Trinajstić information content (AvgIpc) is 2.87. The van der Waals surface area contributed by atoms with Gasteiger partial charge in [0.25, 0.3) is 5.91 Å². The van der Waals surface area contributed by atoms with Gasteiger partial charge in [0.2, 0.25) is 0 Å². The molecule has 0 atom stereocenters. The van der Waals surface area contributed by atoms with Crippen molar-refractivity contribution in [2.24, 2.45) is 5.84 Å². The van der Waals surface area contributed by atoms with Crippen LogP contribution < -0.4 is 44.9 Å². The van der Waals surface area contributed by atoms with Gasteiger partial charge in [0.15, 0.2) is 12.7 Å². The van der Waals surface area contributed by atoms with Gasteiger partial charge < -0.3 is 17.8 Å². The number of nitrogens with two attached hydrogens (primary N) is 1. The number of hydrazine groups is 1. The van der Waals surface area contributed by atoms with E-state index in [1.165, 1.54) is 0 Å². The van der Waals surface area contributed by atoms with Crippen LogP contribution in [-0.4, -0.2) is 5.91 Å². The van der Waals surface area contributed by atoms with Gasteiger partial charge in [0.05, 0.1) is 6.20 Å². The minimum Gasteiger partial charge on any atom is -1.00 e. The number of hydrogen-bond acceptors (Lipinski definition) is 3. The van der Waals surface area contributed by atoms with Crippen LogP contribution in [0, 0.1) is 0 Å². The van der Waals surface area contributed by atoms with Crippen molar-refractivity contribution in [1.29, 1.82) is 0 Å². The van der Waals surface area contributed by atoms with Gasteiger partial charge in [-0.15, -0.1) is 0 Å². The lowest BCUT2D eigenvalue weighted by Crippen LogP contribution is -3.00. The van der Waals surface area contributed by atoms with Crippen LogP contribution >= 0.6 is 7.26 Å². The van der Waals surface area contributed by atoms with Gasteiger partial charge in [-0.05, 0) is 48.5 Å². The Morgan fingerprint density at radius 3 is 1.36 bits per heavy atom. The predicted molar refractivity (Wildman–Crippen MR) is 134 cm³/mol. The van der Waals surface area contributed by atoms with E-state index in [0.29, 0.717) is 5.56 Å². The van der Waals surface area contributed by atoms with Crippen LogP contribution in [0.4, 0.5) is 0 Å². The van der Waals surface area contributed by atoms with Gasteiger partial charge in [-0.3, -0.25) is 16.0 Å². The Hall–Kier alpha value is -3.43. The second-order valence-electron chi connectivity index (χ2n) is 7.19. The molecule has 4 aromatic rings. The van der Waals surface area contributed by atoms with Crippen LogP contribution in [0.3, 0.4) is 0 Å². The van der Waals surface area contributed by atoms with E-state index >= 15 is 0 Å². The number of hydrogen-bond donors (Lipinski definition) is 3. The summed E-state index contributed by atoms with van der Waals surface area (Å²) >= 11 is 0. The van der Waals surface area contributed by atoms with Crippen molar-refractivity contribution in [1.82, 2.24) is 10.7 Å². The van der Waals surface area contributed by atoms with Crippen LogP contribution in [0.15, 0.2) is 133 Å². The number of nitrogens with one attached hydrogen (secondary N) is 2. The molecule has 6 heteroatoms. The summed E-state index contributed by atoms with van der Waals surface area (Å²) in [4.78, 5) is 13.3. The number of benzene rings is 4. The second-order valence-corrected chi connectivity index (χ2v) is 10.6. The molecule has 0 saturated heterocycles. The molecule has 0 bridgehead atoms. The smallest absolute Gasteiger partial charge is 0.258 e. The molecule has 0 aliphatic heterocycles. The molecule has 4 rings (SSSR count). The normalized spacial score (nSPS) is 11.2. The molecule has 4 nitrogen and oxygen atoms in total. The third-order valence-corrected chi connectivity index (χ3v) is 9.47. The van der Waals surface area contributed by atoms with Crippen molar-refractivity contribution in [3.8, 4) is 0 Å². The number of rotatable bonds is 7. The lowest BCUT2D eigenvalue weighted by atomic mass is 10.2. The minimum atomic E-state index is -2.47. The molecule has 0 spiro atoms. The largest absolute Gasteiger partial charge is 1.00 e. The first-order chi connectivity index (χ1) is 15.8. The molecule has 1 amide bonds. The van der Waals surface area contributed by atoms with Gasteiger partial charge in [-0.2, -0.15) is 0 Å². The Morgan fingerprint density at radius 2 is 1.00 bits per heavy atom. The molecule has 4 aromatic carbocycles. The number of carbonyl (C=O) groups excluding carboxylic acids is 1. The third kappa shape index (κ3) is 4.99. The van der Waals surface area contributed by atoms with E-state index in [2.05, 4.69) is 47.1 Å². The predicted octanol–water partition coefficient (Wildman–Crippen LogP) is 0.677. The average molecular weight is 474 g/mol. The highest BCUT2D eigenvalue weighted by molar-refractivity contribution is 7.99. The highest BCUT2D eigenvalue weighted by Gasteiger charge is 2.50. The molecule has 0 aromatic heterocycles. The molecule has 33 heavy (non-hydrogen) atoms. The maximum atomic E-state index is 13.3. The third-order valence-electron chi connectivity index (χ3n) is 5.29. The van der Waals surface area contributed by atoms with Crippen LogP contribution in [0.2, 0.25) is 0 Å². The molecule has 0 unspecified atom stereocenters. The Morgan fingerprint density at radius 1 is 0.636 bits per heavy atom. The maximum absolute atomic E-state index is 13.3. The zero-order valence-electron chi connectivity index (χ0n) is 17.9. The summed E-state index contributed by atoms with van der Waals surface area (Å²) in [5.41, 5.74) is 4.01. The Labute approximate surface area is 201 Å². The van der Waals surface area contributed by atoms with Crippen molar-refractivity contribution in [3.05, 3.63) is 139 Å². The lowest BCUT2D eigenvalue weighted by molar-refractivity contribution is -0.0000145. The van der Waals surface area contributed by atoms with Crippen molar-refractivity contribution < 1.29 is 17.2 Å². The van der Waals surface area contributed by atoms with Crippen LogP contribution in [0.1, 0.15) is 10.4 Å². The Bertz CT molecular complexity index is 1090. The number of carbonyl (C=O) groups is 1. The maximum Gasteiger partial charge on any atom is 0.258 e. The molecular formula is C27H25ClN3OP. The van der Waals surface area contributed by atoms with E-state index in [4.69, 9.17) is 5.84 Å². The van der Waals surface area contributed by atoms with Gasteiger partial charge in [0, 0.05) is 5.56 Å². The van der Waals surface area contributed by atoms with Crippen LogP contribution in [0.5, 0.6) is 0 Å². The van der Waals surface area contributed by atoms with E-state index in [-0.39, 0.29) is 18.3 Å². The molecular weight excluding hydrogens is 449 g/mol. The summed E-state index contributed by atoms with van der Waals surface area (Å²) in [5, 5.41) is 6.55. The van der Waals surface area contributed by atoms with Crippen molar-refractivity contribution in [2.75, 3.05) is 0 Å². The zero-order valence-corrected chi connectivity index (χ0v) is 19.6. The first-order valence-electron chi connectivity index (χ1n) is 10.4. The van der Waals surface area contributed by atoms with E-state index < -0.39 is 7.26 Å². The summed E-state index contributed by atoms with van der Waals surface area (Å²) in [6, 6.07) is 40.1. The summed E-state index contributed by atoms with van der Waals surface area (Å²) in [6.45, 7) is 0. The summed E-state index contributed by atoms with van der Waals surface area (Å²) in [6.07, 6.45) is 1.71. The summed E-state index contributed by atoms with van der Waals surface area (Å²) in [5.74, 6) is 5.63. The SMILES string of the molecule is NN/C=C(\NC(=O)c1ccccc1)[P+](c1ccccc1)(c1ccccc1)c1ccccc1.[Cl-]. The van der Waals surface area contributed by atoms with Crippen LogP contribution in [0.25, 0.3) is 0 Å². The quantitative estimate of drug-likeness (QED) is 0.210. The lowest BCUT2D eigenvalue weighted by Gasteiger charge is -2.29. The Kier molecular flexibility index (Phi) is 8.39. The molecule has 4 N–H and O–H groups in total. The Balaban J connectivity index is 0.00000306. The van der Waals surface area contributed by atoms with E-state index in [1.54, 1.807) is 18.3 Å². The fourth-order valence-electron chi connectivity index (χ4n) is 3.89. The van der Waals surface area contributed by atoms with E-state index in [9.17, 15) is 4.79 Å². The molecule has 0 heterocycles. The van der Waals surface area contributed by atoms with Gasteiger partial charge in [0.1, 0.15) is 15.9 Å². The summed E-state index contributed by atoms with van der Waals surface area (Å²) < 4.78 is 0. The van der Waals surface area contributed by atoms with Gasteiger partial charge in [-0.25, -0.2) is 0 Å². The zero-order chi connectivity index (χ0) is 22.2. The molecule has 0 aliphatic carbocycles. The van der Waals surface area contributed by atoms with Crippen molar-refractivity contribution in [3.63, 3.8) is 0 Å². The van der Waals surface area contributed by atoms with Gasteiger partial charge in [-0.1, -0.05) is 72.8 Å². The highest BCUT2D eigenvalue weighted by atomic mass is 35.5. The first kappa shape index (κ1) is 24.2. The molecule has 0 fully saturated rings. The second kappa shape index (κ2) is 11.4. The molecule has 0 saturated carbocycles. The minimum absolute atomic E-state index is 0. The van der Waals surface area contributed by atoms with Crippen molar-refractivity contribution in [2.45, 2.75) is 0 Å². The van der Waals surface area contributed by atoms with E-state index in [1.807, 2.05) is 72.8 Å². The number of halogens is 1. The van der Waals surface area contributed by atoms with Gasteiger partial charge >= 0.3 is 0 Å². The van der Waals surface area contributed by atoms with Crippen molar-refractivity contribution >= 4 is 29.1 Å². The first-order valence-corrected chi connectivity index (χ1v) is 12.1. The number of amides is 1. The fourth-order valence-corrected chi connectivity index (χ4v) is 8.02. The molecule has 0 radical (unpaired) electrons.